The molecule has 1 aliphatic heterocycles. The highest BCUT2D eigenvalue weighted by atomic mass is 16.5. The van der Waals surface area contributed by atoms with E-state index in [1.54, 1.807) is 0 Å². The fraction of sp³-hybridized carbons (Fsp3) is 0.500. The van der Waals surface area contributed by atoms with E-state index in [1.165, 1.54) is 6.33 Å². The van der Waals surface area contributed by atoms with Crippen molar-refractivity contribution in [1.82, 2.24) is 15.3 Å². The standard InChI is InChI=1S/C26H34N4O4/c1-5-32-21-10-9-19(14-22(21)33-6-2)11-12-27-25(31)20-8-7-13-30(15-20)24-23-17(3)18(4)34-26(23)29-16-28-24/h9-10,14,16,20H,5-8,11-13,15H2,1-4H3,(H,27,31)/t20-/m1/s1. The Hall–Kier alpha value is -3.29. The Morgan fingerprint density at radius 3 is 2.76 bits per heavy atom. The summed E-state index contributed by atoms with van der Waals surface area (Å²) in [5.41, 5.74) is 2.76. The summed E-state index contributed by atoms with van der Waals surface area (Å²) in [7, 11) is 0. The summed E-state index contributed by atoms with van der Waals surface area (Å²) in [4.78, 5) is 24.0. The Balaban J connectivity index is 1.37. The molecule has 1 saturated heterocycles. The smallest absolute Gasteiger partial charge is 0.231 e. The number of ether oxygens (including phenoxy) is 2. The van der Waals surface area contributed by atoms with Gasteiger partial charge in [0.15, 0.2) is 11.5 Å². The first-order valence-electron chi connectivity index (χ1n) is 12.1. The Kier molecular flexibility index (Phi) is 7.55. The van der Waals surface area contributed by atoms with Gasteiger partial charge < -0.3 is 24.1 Å². The van der Waals surface area contributed by atoms with Crippen molar-refractivity contribution < 1.29 is 18.7 Å². The first-order valence-corrected chi connectivity index (χ1v) is 12.1. The van der Waals surface area contributed by atoms with Gasteiger partial charge in [-0.15, -0.1) is 0 Å². The molecule has 1 fully saturated rings. The normalized spacial score (nSPS) is 16.0. The molecule has 3 aromatic rings. The van der Waals surface area contributed by atoms with E-state index in [0.29, 0.717) is 32.0 Å². The summed E-state index contributed by atoms with van der Waals surface area (Å²) in [6.45, 7) is 11.1. The quantitative estimate of drug-likeness (QED) is 0.505. The van der Waals surface area contributed by atoms with Crippen molar-refractivity contribution in [2.75, 3.05) is 37.7 Å². The van der Waals surface area contributed by atoms with Crippen LogP contribution in [-0.2, 0) is 11.2 Å². The van der Waals surface area contributed by atoms with E-state index >= 15 is 0 Å². The van der Waals surface area contributed by atoms with Crippen molar-refractivity contribution in [2.45, 2.75) is 47.0 Å². The lowest BCUT2D eigenvalue weighted by Crippen LogP contribution is -2.43. The number of rotatable bonds is 9. The number of anilines is 1. The third-order valence-electron chi connectivity index (χ3n) is 6.36. The molecule has 2 aromatic heterocycles. The lowest BCUT2D eigenvalue weighted by atomic mass is 9.96. The highest BCUT2D eigenvalue weighted by Crippen LogP contribution is 2.33. The van der Waals surface area contributed by atoms with Crippen molar-refractivity contribution in [3.05, 3.63) is 41.4 Å². The van der Waals surface area contributed by atoms with Crippen LogP contribution in [-0.4, -0.2) is 48.7 Å². The van der Waals surface area contributed by atoms with Crippen molar-refractivity contribution in [3.8, 4) is 11.5 Å². The number of benzene rings is 1. The predicted molar refractivity (Wildman–Crippen MR) is 132 cm³/mol. The number of furan rings is 1. The monoisotopic (exact) mass is 466 g/mol. The first kappa shape index (κ1) is 23.9. The molecule has 182 valence electrons. The maximum absolute atomic E-state index is 13.0. The minimum Gasteiger partial charge on any atom is -0.490 e. The summed E-state index contributed by atoms with van der Waals surface area (Å²) in [5.74, 6) is 3.22. The number of hydrogen-bond donors (Lipinski definition) is 1. The van der Waals surface area contributed by atoms with Crippen LogP contribution in [0.3, 0.4) is 0 Å². The molecule has 0 spiro atoms. The summed E-state index contributed by atoms with van der Waals surface area (Å²) >= 11 is 0. The van der Waals surface area contributed by atoms with Crippen LogP contribution < -0.4 is 19.7 Å². The van der Waals surface area contributed by atoms with Gasteiger partial charge in [-0.1, -0.05) is 6.07 Å². The average molecular weight is 467 g/mol. The Labute approximate surface area is 200 Å². The van der Waals surface area contributed by atoms with Gasteiger partial charge in [0.25, 0.3) is 0 Å². The fourth-order valence-electron chi connectivity index (χ4n) is 4.51. The lowest BCUT2D eigenvalue weighted by molar-refractivity contribution is -0.125. The van der Waals surface area contributed by atoms with Gasteiger partial charge in [0, 0.05) is 25.2 Å². The zero-order chi connectivity index (χ0) is 24.1. The minimum atomic E-state index is -0.0774. The molecule has 34 heavy (non-hydrogen) atoms. The van der Waals surface area contributed by atoms with Gasteiger partial charge in [-0.2, -0.15) is 0 Å². The van der Waals surface area contributed by atoms with Crippen LogP contribution in [0, 0.1) is 19.8 Å². The predicted octanol–water partition coefficient (Wildman–Crippen LogP) is 4.21. The number of fused-ring (bicyclic) bond motifs is 1. The molecule has 1 aromatic carbocycles. The molecule has 3 heterocycles. The molecule has 0 unspecified atom stereocenters. The summed E-state index contributed by atoms with van der Waals surface area (Å²) in [6.07, 6.45) is 4.08. The van der Waals surface area contributed by atoms with E-state index in [4.69, 9.17) is 13.9 Å². The number of hydrogen-bond acceptors (Lipinski definition) is 7. The van der Waals surface area contributed by atoms with E-state index < -0.39 is 0 Å². The van der Waals surface area contributed by atoms with Crippen LogP contribution >= 0.6 is 0 Å². The van der Waals surface area contributed by atoms with Crippen molar-refractivity contribution in [1.29, 1.82) is 0 Å². The van der Waals surface area contributed by atoms with E-state index in [9.17, 15) is 4.79 Å². The molecule has 1 aliphatic rings. The number of aromatic nitrogens is 2. The Morgan fingerprint density at radius 2 is 1.97 bits per heavy atom. The first-order chi connectivity index (χ1) is 16.5. The fourth-order valence-corrected chi connectivity index (χ4v) is 4.51. The second-order valence-electron chi connectivity index (χ2n) is 8.63. The highest BCUT2D eigenvalue weighted by Gasteiger charge is 2.28. The molecule has 8 heteroatoms. The summed E-state index contributed by atoms with van der Waals surface area (Å²) < 4.78 is 17.1. The molecule has 0 saturated carbocycles. The van der Waals surface area contributed by atoms with E-state index in [2.05, 4.69) is 20.2 Å². The van der Waals surface area contributed by atoms with Gasteiger partial charge in [0.05, 0.1) is 24.5 Å². The number of aryl methyl sites for hydroxylation is 2. The topological polar surface area (TPSA) is 89.7 Å². The Bertz CT molecular complexity index is 1140. The molecular weight excluding hydrogens is 432 g/mol. The maximum Gasteiger partial charge on any atom is 0.231 e. The van der Waals surface area contributed by atoms with Gasteiger partial charge in [0.2, 0.25) is 11.6 Å². The third-order valence-corrected chi connectivity index (χ3v) is 6.36. The lowest BCUT2D eigenvalue weighted by Gasteiger charge is -2.33. The molecule has 0 bridgehead atoms. The number of piperidine rings is 1. The van der Waals surface area contributed by atoms with Crippen LogP contribution in [0.2, 0.25) is 0 Å². The second-order valence-corrected chi connectivity index (χ2v) is 8.63. The number of nitrogens with one attached hydrogen (secondary N) is 1. The molecule has 0 radical (unpaired) electrons. The molecule has 1 amide bonds. The minimum absolute atomic E-state index is 0.0774. The molecule has 0 aliphatic carbocycles. The largest absolute Gasteiger partial charge is 0.490 e. The zero-order valence-corrected chi connectivity index (χ0v) is 20.5. The number of carbonyl (C=O) groups excluding carboxylic acids is 1. The molecular formula is C26H34N4O4. The van der Waals surface area contributed by atoms with Gasteiger partial charge in [0.1, 0.15) is 17.9 Å². The molecule has 1 atom stereocenters. The van der Waals surface area contributed by atoms with Gasteiger partial charge in [-0.3, -0.25) is 4.79 Å². The van der Waals surface area contributed by atoms with Crippen LogP contribution in [0.4, 0.5) is 5.82 Å². The Morgan fingerprint density at radius 1 is 1.18 bits per heavy atom. The molecule has 8 nitrogen and oxygen atoms in total. The second kappa shape index (κ2) is 10.8. The van der Waals surface area contributed by atoms with Gasteiger partial charge in [-0.25, -0.2) is 9.97 Å². The summed E-state index contributed by atoms with van der Waals surface area (Å²) in [6, 6.07) is 5.96. The van der Waals surface area contributed by atoms with Crippen LogP contribution in [0.5, 0.6) is 11.5 Å². The van der Waals surface area contributed by atoms with Crippen molar-refractivity contribution >= 4 is 22.8 Å². The van der Waals surface area contributed by atoms with Gasteiger partial charge >= 0.3 is 0 Å². The summed E-state index contributed by atoms with van der Waals surface area (Å²) in [5, 5.41) is 4.07. The van der Waals surface area contributed by atoms with Crippen LogP contribution in [0.25, 0.3) is 11.1 Å². The van der Waals surface area contributed by atoms with Gasteiger partial charge in [-0.05, 0) is 64.7 Å². The molecule has 1 N–H and O–H groups in total. The SMILES string of the molecule is CCOc1ccc(CCNC(=O)[C@@H]2CCCN(c3ncnc4oc(C)c(C)c34)C2)cc1OCC. The van der Waals surface area contributed by atoms with Crippen LogP contribution in [0.15, 0.2) is 28.9 Å². The number of nitrogens with zero attached hydrogens (tertiary/aromatic N) is 3. The third kappa shape index (κ3) is 5.11. The van der Waals surface area contributed by atoms with E-state index in [0.717, 1.165) is 65.4 Å². The average Bonchev–Trinajstić information content (AvgIpc) is 3.14. The van der Waals surface area contributed by atoms with E-state index in [-0.39, 0.29) is 11.8 Å². The molecule has 4 rings (SSSR count). The number of carbonyl (C=O) groups is 1. The van der Waals surface area contributed by atoms with Crippen molar-refractivity contribution in [3.63, 3.8) is 0 Å². The zero-order valence-electron chi connectivity index (χ0n) is 20.5. The van der Waals surface area contributed by atoms with E-state index in [1.807, 2.05) is 45.9 Å². The van der Waals surface area contributed by atoms with Crippen LogP contribution in [0.1, 0.15) is 43.6 Å². The highest BCUT2D eigenvalue weighted by molar-refractivity contribution is 5.90. The van der Waals surface area contributed by atoms with Crippen molar-refractivity contribution in [2.24, 2.45) is 5.92 Å². The maximum atomic E-state index is 13.0. The number of amides is 1.